The fraction of sp³-hybridized carbons (Fsp3) is 0.750. The minimum Gasteiger partial charge on any atom is -0.351 e. The molecule has 0 fully saturated rings. The molecular formula is C12H24ClN5O. The molecule has 0 saturated carbocycles. The van der Waals surface area contributed by atoms with Crippen molar-refractivity contribution in [2.45, 2.75) is 39.7 Å². The summed E-state index contributed by atoms with van der Waals surface area (Å²) in [6.07, 6.45) is 4.53. The Morgan fingerprint density at radius 2 is 2.21 bits per heavy atom. The Labute approximate surface area is 120 Å². The van der Waals surface area contributed by atoms with E-state index < -0.39 is 0 Å². The van der Waals surface area contributed by atoms with E-state index in [9.17, 15) is 4.79 Å². The fourth-order valence-electron chi connectivity index (χ4n) is 1.46. The van der Waals surface area contributed by atoms with Crippen LogP contribution < -0.4 is 11.1 Å². The summed E-state index contributed by atoms with van der Waals surface area (Å²) in [6.45, 7) is 6.39. The maximum Gasteiger partial charge on any atom is 0.273 e. The minimum atomic E-state index is -0.164. The summed E-state index contributed by atoms with van der Waals surface area (Å²) < 4.78 is 1.72. The van der Waals surface area contributed by atoms with Crippen molar-refractivity contribution in [2.75, 3.05) is 13.1 Å². The summed E-state index contributed by atoms with van der Waals surface area (Å²) in [6, 6.07) is 0. The number of carbonyl (C=O) groups is 1. The highest BCUT2D eigenvalue weighted by molar-refractivity contribution is 5.91. The molecule has 1 amide bonds. The zero-order chi connectivity index (χ0) is 13.4. The smallest absolute Gasteiger partial charge is 0.273 e. The first-order valence-corrected chi connectivity index (χ1v) is 6.52. The van der Waals surface area contributed by atoms with E-state index in [2.05, 4.69) is 29.5 Å². The van der Waals surface area contributed by atoms with Crippen LogP contribution in [0.3, 0.4) is 0 Å². The second-order valence-electron chi connectivity index (χ2n) is 4.80. The summed E-state index contributed by atoms with van der Waals surface area (Å²) in [5.74, 6) is 0.450. The number of hydrogen-bond acceptors (Lipinski definition) is 4. The van der Waals surface area contributed by atoms with Gasteiger partial charge in [0.2, 0.25) is 0 Å². The van der Waals surface area contributed by atoms with Crippen molar-refractivity contribution in [3.8, 4) is 0 Å². The number of unbranched alkanes of at least 4 members (excludes halogenated alkanes) is 1. The van der Waals surface area contributed by atoms with Crippen molar-refractivity contribution in [1.82, 2.24) is 20.3 Å². The zero-order valence-corrected chi connectivity index (χ0v) is 12.4. The van der Waals surface area contributed by atoms with E-state index in [0.717, 1.165) is 25.8 Å². The number of nitrogens with zero attached hydrogens (tertiary/aromatic N) is 3. The molecule has 0 radical (unpaired) electrons. The van der Waals surface area contributed by atoms with Crippen LogP contribution in [-0.4, -0.2) is 34.0 Å². The number of hydrogen-bond donors (Lipinski definition) is 2. The molecule has 0 saturated heterocycles. The Morgan fingerprint density at radius 1 is 1.47 bits per heavy atom. The number of carbonyl (C=O) groups excluding carboxylic acids is 1. The van der Waals surface area contributed by atoms with Crippen molar-refractivity contribution < 1.29 is 4.79 Å². The molecule has 110 valence electrons. The van der Waals surface area contributed by atoms with Crippen molar-refractivity contribution in [3.63, 3.8) is 0 Å². The lowest BCUT2D eigenvalue weighted by atomic mass is 10.1. The number of rotatable bonds is 8. The van der Waals surface area contributed by atoms with Crippen LogP contribution in [0.25, 0.3) is 0 Å². The normalized spacial score (nSPS) is 10.3. The predicted octanol–water partition coefficient (Wildman–Crippen LogP) is 1.21. The molecule has 0 spiro atoms. The molecule has 1 aromatic rings. The third kappa shape index (κ3) is 7.12. The van der Waals surface area contributed by atoms with Gasteiger partial charge in [-0.05, 0) is 31.7 Å². The summed E-state index contributed by atoms with van der Waals surface area (Å²) >= 11 is 0. The first-order chi connectivity index (χ1) is 8.63. The number of nitrogens with one attached hydrogen (secondary N) is 1. The molecule has 19 heavy (non-hydrogen) atoms. The van der Waals surface area contributed by atoms with Gasteiger partial charge in [0.1, 0.15) is 0 Å². The molecule has 0 atom stereocenters. The van der Waals surface area contributed by atoms with Gasteiger partial charge in [0.25, 0.3) is 5.91 Å². The third-order valence-corrected chi connectivity index (χ3v) is 2.62. The molecule has 0 aliphatic carbocycles. The Balaban J connectivity index is 0.00000324. The van der Waals surface area contributed by atoms with Crippen LogP contribution in [0, 0.1) is 5.92 Å². The maximum atomic E-state index is 11.7. The lowest BCUT2D eigenvalue weighted by Gasteiger charge is -2.03. The van der Waals surface area contributed by atoms with Gasteiger partial charge in [-0.3, -0.25) is 9.48 Å². The lowest BCUT2D eigenvalue weighted by Crippen LogP contribution is -2.25. The van der Waals surface area contributed by atoms with E-state index in [1.54, 1.807) is 10.9 Å². The Hall–Kier alpha value is -1.14. The molecule has 1 rings (SSSR count). The van der Waals surface area contributed by atoms with E-state index in [1.165, 1.54) is 0 Å². The number of amides is 1. The molecule has 0 aliphatic rings. The molecule has 0 aliphatic heterocycles. The topological polar surface area (TPSA) is 85.8 Å². The van der Waals surface area contributed by atoms with Crippen LogP contribution in [0.2, 0.25) is 0 Å². The molecule has 1 heterocycles. The quantitative estimate of drug-likeness (QED) is 0.705. The van der Waals surface area contributed by atoms with E-state index >= 15 is 0 Å². The van der Waals surface area contributed by atoms with E-state index in [1.807, 2.05) is 0 Å². The number of aryl methyl sites for hydroxylation is 1. The summed E-state index contributed by atoms with van der Waals surface area (Å²) in [5, 5.41) is 10.6. The van der Waals surface area contributed by atoms with Crippen LogP contribution >= 0.6 is 12.4 Å². The molecular weight excluding hydrogens is 266 g/mol. The largest absolute Gasteiger partial charge is 0.351 e. The summed E-state index contributed by atoms with van der Waals surface area (Å²) in [5.41, 5.74) is 5.76. The monoisotopic (exact) mass is 289 g/mol. The number of halogens is 1. The van der Waals surface area contributed by atoms with Gasteiger partial charge < -0.3 is 11.1 Å². The van der Waals surface area contributed by atoms with Gasteiger partial charge in [-0.1, -0.05) is 19.1 Å². The number of aromatic nitrogens is 3. The minimum absolute atomic E-state index is 0. The second-order valence-corrected chi connectivity index (χ2v) is 4.80. The molecule has 1 aromatic heterocycles. The van der Waals surface area contributed by atoms with Gasteiger partial charge in [-0.15, -0.1) is 17.5 Å². The first kappa shape index (κ1) is 17.9. The van der Waals surface area contributed by atoms with E-state index in [4.69, 9.17) is 5.73 Å². The fourth-order valence-corrected chi connectivity index (χ4v) is 1.46. The van der Waals surface area contributed by atoms with Gasteiger partial charge in [-0.2, -0.15) is 0 Å². The molecule has 3 N–H and O–H groups in total. The Kier molecular flexibility index (Phi) is 9.16. The van der Waals surface area contributed by atoms with E-state index in [0.29, 0.717) is 24.7 Å². The molecule has 0 aromatic carbocycles. The Bertz CT molecular complexity index is 367. The first-order valence-electron chi connectivity index (χ1n) is 6.52. The average molecular weight is 290 g/mol. The number of nitrogens with two attached hydrogens (primary N) is 1. The highest BCUT2D eigenvalue weighted by Crippen LogP contribution is 2.02. The van der Waals surface area contributed by atoms with Crippen molar-refractivity contribution >= 4 is 18.3 Å². The van der Waals surface area contributed by atoms with Gasteiger partial charge >= 0.3 is 0 Å². The highest BCUT2D eigenvalue weighted by Gasteiger charge is 2.09. The van der Waals surface area contributed by atoms with Crippen molar-refractivity contribution in [2.24, 2.45) is 11.7 Å². The van der Waals surface area contributed by atoms with Crippen LogP contribution in [0.1, 0.15) is 43.6 Å². The maximum absolute atomic E-state index is 11.7. The Morgan fingerprint density at radius 3 is 2.84 bits per heavy atom. The second kappa shape index (κ2) is 9.75. The molecule has 7 heteroatoms. The van der Waals surface area contributed by atoms with Crippen LogP contribution in [-0.2, 0) is 6.54 Å². The SMILES string of the molecule is CC(C)CCn1cc(C(=O)NCCCCN)nn1.Cl. The van der Waals surface area contributed by atoms with Crippen LogP contribution in [0.4, 0.5) is 0 Å². The van der Waals surface area contributed by atoms with Gasteiger partial charge in [-0.25, -0.2) is 0 Å². The molecule has 0 bridgehead atoms. The highest BCUT2D eigenvalue weighted by atomic mass is 35.5. The standard InChI is InChI=1S/C12H23N5O.ClH/c1-10(2)5-8-17-9-11(15-16-17)12(18)14-7-4-3-6-13;/h9-10H,3-8,13H2,1-2H3,(H,14,18);1H. The predicted molar refractivity (Wildman–Crippen MR) is 77.3 cm³/mol. The van der Waals surface area contributed by atoms with Gasteiger partial charge in [0, 0.05) is 13.1 Å². The van der Waals surface area contributed by atoms with Crippen molar-refractivity contribution in [3.05, 3.63) is 11.9 Å². The summed E-state index contributed by atoms with van der Waals surface area (Å²) in [4.78, 5) is 11.7. The van der Waals surface area contributed by atoms with E-state index in [-0.39, 0.29) is 18.3 Å². The average Bonchev–Trinajstić information content (AvgIpc) is 2.80. The third-order valence-electron chi connectivity index (χ3n) is 2.62. The molecule has 6 nitrogen and oxygen atoms in total. The lowest BCUT2D eigenvalue weighted by molar-refractivity contribution is 0.0948. The zero-order valence-electron chi connectivity index (χ0n) is 11.6. The van der Waals surface area contributed by atoms with Crippen molar-refractivity contribution in [1.29, 1.82) is 0 Å². The summed E-state index contributed by atoms with van der Waals surface area (Å²) in [7, 11) is 0. The van der Waals surface area contributed by atoms with Gasteiger partial charge in [0.15, 0.2) is 5.69 Å². The van der Waals surface area contributed by atoms with Crippen LogP contribution in [0.15, 0.2) is 6.20 Å². The van der Waals surface area contributed by atoms with Crippen LogP contribution in [0.5, 0.6) is 0 Å². The molecule has 0 unspecified atom stereocenters. The van der Waals surface area contributed by atoms with Gasteiger partial charge in [0.05, 0.1) is 6.20 Å².